The van der Waals surface area contributed by atoms with Gasteiger partial charge in [0.05, 0.1) is 5.60 Å². The number of guanidine groups is 1. The Balaban J connectivity index is 0.00000729. The van der Waals surface area contributed by atoms with Crippen LogP contribution in [-0.4, -0.2) is 93.0 Å². The van der Waals surface area contributed by atoms with E-state index < -0.39 is 5.60 Å². The highest BCUT2D eigenvalue weighted by atomic mass is 127. The van der Waals surface area contributed by atoms with Crippen LogP contribution in [0.3, 0.4) is 0 Å². The molecule has 166 valence electrons. The predicted molar refractivity (Wildman–Crippen MR) is 125 cm³/mol. The van der Waals surface area contributed by atoms with Crippen molar-refractivity contribution in [1.29, 1.82) is 0 Å². The molecule has 1 aliphatic heterocycles. The second kappa shape index (κ2) is 12.7. The number of aliphatic imine (C=N–C) groups is 1. The standard InChI is InChI=1S/C19H39N5O3.HI/c1-18(2,3)27-17(25)24-13-11-23(12-14-24)10-8-9-21-16(20-6)22-15-19(4,5)26-7;/h8-15H2,1-7H3,(H2,20,21,22);1H. The molecule has 1 amide bonds. The van der Waals surface area contributed by atoms with Gasteiger partial charge < -0.3 is 25.0 Å². The summed E-state index contributed by atoms with van der Waals surface area (Å²) < 4.78 is 10.8. The number of carbonyl (C=O) groups is 1. The number of methoxy groups -OCH3 is 1. The van der Waals surface area contributed by atoms with E-state index in [0.29, 0.717) is 6.54 Å². The molecular weight excluding hydrogens is 473 g/mol. The van der Waals surface area contributed by atoms with Gasteiger partial charge in [-0.3, -0.25) is 9.89 Å². The quantitative estimate of drug-likeness (QED) is 0.235. The fourth-order valence-electron chi connectivity index (χ4n) is 2.58. The van der Waals surface area contributed by atoms with Crippen molar-refractivity contribution < 1.29 is 14.3 Å². The summed E-state index contributed by atoms with van der Waals surface area (Å²) in [7, 11) is 3.48. The molecule has 1 saturated heterocycles. The molecule has 1 fully saturated rings. The van der Waals surface area contributed by atoms with E-state index >= 15 is 0 Å². The van der Waals surface area contributed by atoms with Crippen molar-refractivity contribution >= 4 is 36.0 Å². The highest BCUT2D eigenvalue weighted by molar-refractivity contribution is 14.0. The van der Waals surface area contributed by atoms with Crippen molar-refractivity contribution in [3.63, 3.8) is 0 Å². The third-order valence-corrected chi connectivity index (χ3v) is 4.43. The van der Waals surface area contributed by atoms with Gasteiger partial charge in [-0.05, 0) is 47.6 Å². The molecule has 0 radical (unpaired) electrons. The molecule has 8 nitrogen and oxygen atoms in total. The second-order valence-corrected chi connectivity index (χ2v) is 8.48. The Morgan fingerprint density at radius 3 is 2.18 bits per heavy atom. The van der Waals surface area contributed by atoms with Crippen LogP contribution in [0.5, 0.6) is 0 Å². The zero-order valence-electron chi connectivity index (χ0n) is 18.6. The van der Waals surface area contributed by atoms with E-state index in [2.05, 4.69) is 20.5 Å². The van der Waals surface area contributed by atoms with E-state index in [4.69, 9.17) is 9.47 Å². The maximum Gasteiger partial charge on any atom is 0.410 e. The van der Waals surface area contributed by atoms with Gasteiger partial charge in [0, 0.05) is 53.4 Å². The Morgan fingerprint density at radius 2 is 1.68 bits per heavy atom. The molecule has 2 N–H and O–H groups in total. The molecule has 1 rings (SSSR count). The van der Waals surface area contributed by atoms with E-state index in [1.807, 2.05) is 34.6 Å². The lowest BCUT2D eigenvalue weighted by atomic mass is 10.1. The van der Waals surface area contributed by atoms with Gasteiger partial charge >= 0.3 is 6.09 Å². The van der Waals surface area contributed by atoms with E-state index in [1.165, 1.54) is 0 Å². The number of carbonyl (C=O) groups excluding carboxylic acids is 1. The van der Waals surface area contributed by atoms with Crippen LogP contribution >= 0.6 is 24.0 Å². The molecular formula is C19H40IN5O3. The molecule has 0 bridgehead atoms. The highest BCUT2D eigenvalue weighted by Crippen LogP contribution is 2.12. The first-order valence-electron chi connectivity index (χ1n) is 9.76. The summed E-state index contributed by atoms with van der Waals surface area (Å²) in [6.45, 7) is 15.5. The monoisotopic (exact) mass is 513 g/mol. The fraction of sp³-hybridized carbons (Fsp3) is 0.895. The van der Waals surface area contributed by atoms with Crippen molar-refractivity contribution in [2.45, 2.75) is 52.2 Å². The van der Waals surface area contributed by atoms with Crippen LogP contribution in [0.1, 0.15) is 41.0 Å². The van der Waals surface area contributed by atoms with Crippen LogP contribution in [-0.2, 0) is 9.47 Å². The number of amides is 1. The van der Waals surface area contributed by atoms with Crippen LogP contribution in [0.4, 0.5) is 4.79 Å². The minimum Gasteiger partial charge on any atom is -0.444 e. The summed E-state index contributed by atoms with van der Waals surface area (Å²) in [5, 5.41) is 6.61. The molecule has 0 aromatic heterocycles. The minimum atomic E-state index is -0.440. The average Bonchev–Trinajstić information content (AvgIpc) is 2.60. The lowest BCUT2D eigenvalue weighted by molar-refractivity contribution is 0.0145. The number of halogens is 1. The van der Waals surface area contributed by atoms with Crippen LogP contribution < -0.4 is 10.6 Å². The van der Waals surface area contributed by atoms with E-state index in [1.54, 1.807) is 19.1 Å². The van der Waals surface area contributed by atoms with Gasteiger partial charge in [0.2, 0.25) is 0 Å². The molecule has 0 spiro atoms. The van der Waals surface area contributed by atoms with Gasteiger partial charge in [-0.15, -0.1) is 24.0 Å². The largest absolute Gasteiger partial charge is 0.444 e. The molecule has 28 heavy (non-hydrogen) atoms. The molecule has 0 unspecified atom stereocenters. The molecule has 1 aliphatic rings. The van der Waals surface area contributed by atoms with Crippen molar-refractivity contribution in [1.82, 2.24) is 20.4 Å². The van der Waals surface area contributed by atoms with Crippen molar-refractivity contribution in [2.24, 2.45) is 4.99 Å². The van der Waals surface area contributed by atoms with Gasteiger partial charge in [-0.2, -0.15) is 0 Å². The van der Waals surface area contributed by atoms with Crippen LogP contribution in [0.25, 0.3) is 0 Å². The van der Waals surface area contributed by atoms with E-state index in [-0.39, 0.29) is 35.7 Å². The first kappa shape index (κ1) is 27.2. The summed E-state index contributed by atoms with van der Waals surface area (Å²) in [6.07, 6.45) is 0.804. The summed E-state index contributed by atoms with van der Waals surface area (Å²) in [5.41, 5.74) is -0.670. The highest BCUT2D eigenvalue weighted by Gasteiger charge is 2.25. The average molecular weight is 513 g/mol. The van der Waals surface area contributed by atoms with Crippen molar-refractivity contribution in [2.75, 3.05) is 60.0 Å². The van der Waals surface area contributed by atoms with Crippen molar-refractivity contribution in [3.05, 3.63) is 0 Å². The number of nitrogens with zero attached hydrogens (tertiary/aromatic N) is 3. The van der Waals surface area contributed by atoms with Gasteiger partial charge in [0.1, 0.15) is 5.60 Å². The van der Waals surface area contributed by atoms with Gasteiger partial charge in [-0.25, -0.2) is 4.79 Å². The molecule has 0 atom stereocenters. The van der Waals surface area contributed by atoms with E-state index in [9.17, 15) is 4.79 Å². The molecule has 9 heteroatoms. The number of nitrogens with one attached hydrogen (secondary N) is 2. The Morgan fingerprint density at radius 1 is 1.07 bits per heavy atom. The van der Waals surface area contributed by atoms with Gasteiger partial charge in [-0.1, -0.05) is 0 Å². The first-order valence-corrected chi connectivity index (χ1v) is 9.76. The number of hydrogen-bond donors (Lipinski definition) is 2. The van der Waals surface area contributed by atoms with Crippen LogP contribution in [0, 0.1) is 0 Å². The first-order chi connectivity index (χ1) is 12.6. The normalized spacial score (nSPS) is 16.4. The SMILES string of the molecule is CN=C(NCCCN1CCN(C(=O)OC(C)(C)C)CC1)NCC(C)(C)OC.I. The summed E-state index contributed by atoms with van der Waals surface area (Å²) in [5.74, 6) is 0.787. The second-order valence-electron chi connectivity index (χ2n) is 8.48. The number of rotatable bonds is 7. The predicted octanol–water partition coefficient (Wildman–Crippen LogP) is 2.14. The van der Waals surface area contributed by atoms with Crippen molar-refractivity contribution in [3.8, 4) is 0 Å². The minimum absolute atomic E-state index is 0. The van der Waals surface area contributed by atoms with E-state index in [0.717, 1.165) is 51.6 Å². The summed E-state index contributed by atoms with van der Waals surface area (Å²) >= 11 is 0. The maximum absolute atomic E-state index is 12.1. The maximum atomic E-state index is 12.1. The topological polar surface area (TPSA) is 78.4 Å². The Labute approximate surface area is 187 Å². The third-order valence-electron chi connectivity index (χ3n) is 4.43. The lowest BCUT2D eigenvalue weighted by Crippen LogP contribution is -2.50. The molecule has 0 aliphatic carbocycles. The lowest BCUT2D eigenvalue weighted by Gasteiger charge is -2.35. The summed E-state index contributed by atoms with van der Waals surface area (Å²) in [6, 6.07) is 0. The van der Waals surface area contributed by atoms with Crippen LogP contribution in [0.15, 0.2) is 4.99 Å². The number of ether oxygens (including phenoxy) is 2. The third kappa shape index (κ3) is 11.3. The Hall–Kier alpha value is -0.810. The van der Waals surface area contributed by atoms with Crippen LogP contribution in [0.2, 0.25) is 0 Å². The molecule has 0 aromatic rings. The Kier molecular flexibility index (Phi) is 12.3. The Bertz CT molecular complexity index is 486. The number of hydrogen-bond acceptors (Lipinski definition) is 5. The molecule has 1 heterocycles. The fourth-order valence-corrected chi connectivity index (χ4v) is 2.58. The molecule has 0 aromatic carbocycles. The summed E-state index contributed by atoms with van der Waals surface area (Å²) in [4.78, 5) is 20.5. The van der Waals surface area contributed by atoms with Gasteiger partial charge in [0.25, 0.3) is 0 Å². The molecule has 0 saturated carbocycles. The zero-order chi connectivity index (χ0) is 20.5. The number of piperazine rings is 1. The van der Waals surface area contributed by atoms with Gasteiger partial charge in [0.15, 0.2) is 5.96 Å². The smallest absolute Gasteiger partial charge is 0.410 e. The zero-order valence-corrected chi connectivity index (χ0v) is 21.0.